The standard InChI is InChI=1S/C57H62N2O6S2/c1-5-7-9-11-13-16-40-20-32-46(33-21-40)64-56(62)42-24-28-44(29-25-42)58-54(60)52-36-50(38(3)66-52)48-18-15-19-49(48)51-37-53(67-39(51)4)55(61)59-45-30-26-43(27-31-45)57(63)65-47-34-22-41(23-35-47)17-14-12-10-8-6-2/h20-37H,5-19H2,1-4H3,(H,58,60)(H,59,61). The third kappa shape index (κ3) is 13.5. The summed E-state index contributed by atoms with van der Waals surface area (Å²) < 4.78 is 11.3. The second-order valence-electron chi connectivity index (χ2n) is 17.4. The number of hydrogen-bond donors (Lipinski definition) is 2. The van der Waals surface area contributed by atoms with E-state index in [-0.39, 0.29) is 11.8 Å². The maximum atomic E-state index is 13.5. The lowest BCUT2D eigenvalue weighted by molar-refractivity contribution is 0.0725. The van der Waals surface area contributed by atoms with Crippen molar-refractivity contribution in [2.75, 3.05) is 10.6 Å². The zero-order chi connectivity index (χ0) is 47.1. The molecule has 2 amide bonds. The highest BCUT2D eigenvalue weighted by Crippen LogP contribution is 2.45. The van der Waals surface area contributed by atoms with Crippen molar-refractivity contribution in [3.63, 3.8) is 0 Å². The van der Waals surface area contributed by atoms with Gasteiger partial charge in [0.1, 0.15) is 11.5 Å². The molecule has 0 aliphatic heterocycles. The summed E-state index contributed by atoms with van der Waals surface area (Å²) in [6.45, 7) is 8.52. The number of thiophene rings is 2. The van der Waals surface area contributed by atoms with Gasteiger partial charge in [0.15, 0.2) is 0 Å². The summed E-state index contributed by atoms with van der Waals surface area (Å²) >= 11 is 2.91. The number of benzene rings is 4. The molecular formula is C57H62N2O6S2. The van der Waals surface area contributed by atoms with Crippen LogP contribution < -0.4 is 20.1 Å². The fourth-order valence-electron chi connectivity index (χ4n) is 8.54. The van der Waals surface area contributed by atoms with Gasteiger partial charge in [0, 0.05) is 21.1 Å². The third-order valence-electron chi connectivity index (χ3n) is 12.3. The number of nitrogens with one attached hydrogen (secondary N) is 2. The first-order valence-corrected chi connectivity index (χ1v) is 25.6. The molecule has 0 spiro atoms. The Kier molecular flexibility index (Phi) is 17.5. The van der Waals surface area contributed by atoms with Gasteiger partial charge in [0.05, 0.1) is 20.9 Å². The van der Waals surface area contributed by atoms with E-state index in [0.29, 0.717) is 43.8 Å². The van der Waals surface area contributed by atoms with E-state index < -0.39 is 11.9 Å². The number of hydrogen-bond acceptors (Lipinski definition) is 8. The molecule has 0 radical (unpaired) electrons. The number of unbranched alkanes of at least 4 members (excludes halogenated alkanes) is 8. The summed E-state index contributed by atoms with van der Waals surface area (Å²) in [5, 5.41) is 5.99. The minimum absolute atomic E-state index is 0.218. The monoisotopic (exact) mass is 934 g/mol. The maximum Gasteiger partial charge on any atom is 0.343 e. The van der Waals surface area contributed by atoms with Crippen LogP contribution in [0.1, 0.15) is 169 Å². The first kappa shape index (κ1) is 48.8. The molecule has 2 heterocycles. The summed E-state index contributed by atoms with van der Waals surface area (Å²) in [6.07, 6.45) is 17.1. The van der Waals surface area contributed by atoms with Gasteiger partial charge in [-0.3, -0.25) is 9.59 Å². The van der Waals surface area contributed by atoms with E-state index in [1.807, 2.05) is 74.5 Å². The third-order valence-corrected chi connectivity index (χ3v) is 14.4. The molecule has 1 aliphatic carbocycles. The van der Waals surface area contributed by atoms with Crippen molar-refractivity contribution >= 4 is 68.9 Å². The van der Waals surface area contributed by atoms with Crippen LogP contribution >= 0.6 is 22.7 Å². The van der Waals surface area contributed by atoms with Crippen LogP contribution in [0.25, 0.3) is 11.1 Å². The minimum atomic E-state index is -0.455. The van der Waals surface area contributed by atoms with Crippen molar-refractivity contribution in [3.05, 3.63) is 162 Å². The first-order chi connectivity index (χ1) is 32.6. The van der Waals surface area contributed by atoms with Crippen LogP contribution in [0.2, 0.25) is 0 Å². The average molecular weight is 935 g/mol. The highest BCUT2D eigenvalue weighted by molar-refractivity contribution is 7.14. The fraction of sp³-hybridized carbons (Fsp3) is 0.333. The van der Waals surface area contributed by atoms with Crippen LogP contribution in [0.3, 0.4) is 0 Å². The summed E-state index contributed by atoms with van der Waals surface area (Å²) in [6, 6.07) is 32.9. The number of allylic oxidation sites excluding steroid dienone is 2. The summed E-state index contributed by atoms with van der Waals surface area (Å²) in [5.41, 5.74) is 8.95. The van der Waals surface area contributed by atoms with Crippen LogP contribution in [0.5, 0.6) is 11.5 Å². The zero-order valence-electron chi connectivity index (χ0n) is 39.3. The molecule has 2 N–H and O–H groups in total. The largest absolute Gasteiger partial charge is 0.423 e. The maximum absolute atomic E-state index is 13.5. The molecule has 0 fully saturated rings. The van der Waals surface area contributed by atoms with Gasteiger partial charge >= 0.3 is 11.9 Å². The molecule has 2 aromatic heterocycles. The lowest BCUT2D eigenvalue weighted by Gasteiger charge is -2.08. The van der Waals surface area contributed by atoms with E-state index in [1.54, 1.807) is 48.5 Å². The van der Waals surface area contributed by atoms with Crippen LogP contribution in [0, 0.1) is 13.8 Å². The molecule has 0 saturated carbocycles. The predicted octanol–water partition coefficient (Wildman–Crippen LogP) is 15.5. The number of carbonyl (C=O) groups is 4. The quantitative estimate of drug-likeness (QED) is 0.0398. The fourth-order valence-corrected chi connectivity index (χ4v) is 10.4. The smallest absolute Gasteiger partial charge is 0.343 e. The SMILES string of the molecule is CCCCCCCc1ccc(OC(=O)c2ccc(NC(=O)c3cc(C4=C(c5cc(C(=O)Nc6ccc(C(=O)Oc7ccc(CCCCCCC)cc7)cc6)sc5C)CCC4)c(C)s3)cc2)cc1. The molecule has 7 rings (SSSR count). The van der Waals surface area contributed by atoms with Gasteiger partial charge in [0.25, 0.3) is 11.8 Å². The van der Waals surface area contributed by atoms with Crippen LogP contribution in [0.4, 0.5) is 11.4 Å². The second kappa shape index (κ2) is 24.1. The molecule has 6 aromatic rings. The Hall–Kier alpha value is -6.10. The Morgan fingerprint density at radius 2 is 0.866 bits per heavy atom. The average Bonchev–Trinajstić information content (AvgIpc) is 4.08. The van der Waals surface area contributed by atoms with Crippen molar-refractivity contribution in [1.29, 1.82) is 0 Å². The Bertz CT molecular complexity index is 2470. The van der Waals surface area contributed by atoms with Gasteiger partial charge < -0.3 is 20.1 Å². The Labute approximate surface area is 403 Å². The molecule has 8 nitrogen and oxygen atoms in total. The molecule has 0 saturated heterocycles. The van der Waals surface area contributed by atoms with E-state index in [9.17, 15) is 19.2 Å². The molecule has 0 unspecified atom stereocenters. The normalized spacial score (nSPS) is 12.3. The van der Waals surface area contributed by atoms with Crippen molar-refractivity contribution in [3.8, 4) is 11.5 Å². The Morgan fingerprint density at radius 1 is 0.493 bits per heavy atom. The van der Waals surface area contributed by atoms with E-state index in [1.165, 1.54) is 96.3 Å². The Balaban J connectivity index is 0.918. The first-order valence-electron chi connectivity index (χ1n) is 24.0. The van der Waals surface area contributed by atoms with E-state index >= 15 is 0 Å². The van der Waals surface area contributed by atoms with Gasteiger partial charge in [-0.25, -0.2) is 9.59 Å². The summed E-state index contributed by atoms with van der Waals surface area (Å²) in [5.74, 6) is -0.342. The van der Waals surface area contributed by atoms with Gasteiger partial charge in [-0.1, -0.05) is 89.5 Å². The molecule has 0 atom stereocenters. The second-order valence-corrected chi connectivity index (χ2v) is 19.9. The summed E-state index contributed by atoms with van der Waals surface area (Å²) in [4.78, 5) is 56.2. The molecule has 348 valence electrons. The number of amides is 2. The Morgan fingerprint density at radius 3 is 1.24 bits per heavy atom. The van der Waals surface area contributed by atoms with E-state index in [4.69, 9.17) is 9.47 Å². The number of aryl methyl sites for hydroxylation is 4. The van der Waals surface area contributed by atoms with E-state index in [2.05, 4.69) is 24.5 Å². The number of esters is 2. The highest BCUT2D eigenvalue weighted by atomic mass is 32.1. The lowest BCUT2D eigenvalue weighted by Crippen LogP contribution is -2.11. The van der Waals surface area contributed by atoms with Crippen molar-refractivity contribution < 1.29 is 28.7 Å². The summed E-state index contributed by atoms with van der Waals surface area (Å²) in [7, 11) is 0. The molecule has 67 heavy (non-hydrogen) atoms. The van der Waals surface area contributed by atoms with Gasteiger partial charge in [-0.05, 0) is 177 Å². The molecular weight excluding hydrogens is 873 g/mol. The number of anilines is 2. The molecule has 1 aliphatic rings. The van der Waals surface area contributed by atoms with E-state index in [0.717, 1.165) is 65.8 Å². The van der Waals surface area contributed by atoms with Crippen LogP contribution in [0.15, 0.2) is 109 Å². The van der Waals surface area contributed by atoms with Crippen molar-refractivity contribution in [1.82, 2.24) is 0 Å². The zero-order valence-corrected chi connectivity index (χ0v) is 40.9. The van der Waals surface area contributed by atoms with Gasteiger partial charge in [-0.2, -0.15) is 0 Å². The number of carbonyl (C=O) groups excluding carboxylic acids is 4. The molecule has 0 bridgehead atoms. The van der Waals surface area contributed by atoms with Crippen molar-refractivity contribution in [2.24, 2.45) is 0 Å². The molecule has 4 aromatic carbocycles. The predicted molar refractivity (Wildman–Crippen MR) is 275 cm³/mol. The number of ether oxygens (including phenoxy) is 2. The minimum Gasteiger partial charge on any atom is -0.423 e. The van der Waals surface area contributed by atoms with Crippen LogP contribution in [-0.2, 0) is 12.8 Å². The number of rotatable bonds is 22. The lowest BCUT2D eigenvalue weighted by atomic mass is 9.97. The van der Waals surface area contributed by atoms with Crippen molar-refractivity contribution in [2.45, 2.75) is 124 Å². The van der Waals surface area contributed by atoms with Gasteiger partial charge in [0.2, 0.25) is 0 Å². The van der Waals surface area contributed by atoms with Crippen LogP contribution in [-0.4, -0.2) is 23.8 Å². The topological polar surface area (TPSA) is 111 Å². The molecule has 10 heteroatoms. The van der Waals surface area contributed by atoms with Gasteiger partial charge in [-0.15, -0.1) is 22.7 Å². The highest BCUT2D eigenvalue weighted by Gasteiger charge is 2.25.